The van der Waals surface area contributed by atoms with Gasteiger partial charge in [0, 0.05) is 12.6 Å². The van der Waals surface area contributed by atoms with Crippen molar-refractivity contribution in [2.75, 3.05) is 17.1 Å². The van der Waals surface area contributed by atoms with Crippen LogP contribution in [0.1, 0.15) is 50.2 Å². The lowest BCUT2D eigenvalue weighted by Gasteiger charge is -2.33. The second-order valence-electron chi connectivity index (χ2n) is 9.39. The first-order chi connectivity index (χ1) is 17.0. The van der Waals surface area contributed by atoms with Crippen molar-refractivity contribution in [1.29, 1.82) is 0 Å². The number of halogens is 2. The highest BCUT2D eigenvalue weighted by Gasteiger charge is 2.31. The van der Waals surface area contributed by atoms with Crippen molar-refractivity contribution < 1.29 is 18.0 Å². The van der Waals surface area contributed by atoms with Crippen molar-refractivity contribution in [1.82, 2.24) is 10.2 Å². The normalized spacial score (nSPS) is 15.2. The van der Waals surface area contributed by atoms with Gasteiger partial charge in [-0.25, -0.2) is 8.42 Å². The van der Waals surface area contributed by atoms with E-state index in [4.69, 9.17) is 23.2 Å². The number of aryl methyl sites for hydroxylation is 1. The number of hydrogen-bond donors (Lipinski definition) is 1. The number of nitrogens with one attached hydrogen (secondary N) is 1. The van der Waals surface area contributed by atoms with E-state index < -0.39 is 28.5 Å². The van der Waals surface area contributed by atoms with Crippen molar-refractivity contribution in [3.63, 3.8) is 0 Å². The lowest BCUT2D eigenvalue weighted by molar-refractivity contribution is -0.139. The summed E-state index contributed by atoms with van der Waals surface area (Å²) in [6.07, 6.45) is 6.16. The Morgan fingerprint density at radius 3 is 2.25 bits per heavy atom. The first-order valence-corrected chi connectivity index (χ1v) is 14.6. The summed E-state index contributed by atoms with van der Waals surface area (Å²) >= 11 is 12.1. The number of anilines is 1. The quantitative estimate of drug-likeness (QED) is 0.476. The number of benzene rings is 2. The maximum absolute atomic E-state index is 13.6. The van der Waals surface area contributed by atoms with Crippen LogP contribution in [-0.2, 0) is 26.2 Å². The molecule has 10 heteroatoms. The summed E-state index contributed by atoms with van der Waals surface area (Å²) in [5.41, 5.74) is 2.13. The van der Waals surface area contributed by atoms with Gasteiger partial charge in [0.2, 0.25) is 21.8 Å². The minimum atomic E-state index is -3.84. The third-order valence-corrected chi connectivity index (χ3v) is 8.34. The summed E-state index contributed by atoms with van der Waals surface area (Å²) in [5.74, 6) is -0.749. The van der Waals surface area contributed by atoms with Gasteiger partial charge in [-0.2, -0.15) is 0 Å². The number of sulfonamides is 1. The van der Waals surface area contributed by atoms with Gasteiger partial charge in [-0.1, -0.05) is 72.3 Å². The summed E-state index contributed by atoms with van der Waals surface area (Å²) in [5, 5.41) is 3.53. The zero-order valence-corrected chi connectivity index (χ0v) is 23.2. The van der Waals surface area contributed by atoms with E-state index in [1.165, 1.54) is 23.1 Å². The second kappa shape index (κ2) is 12.3. The molecular formula is C26H33Cl2N3O4S. The molecule has 0 unspecified atom stereocenters. The molecule has 0 aromatic heterocycles. The van der Waals surface area contributed by atoms with Gasteiger partial charge < -0.3 is 10.2 Å². The standard InChI is InChI=1S/C26H33Cl2N3O4S/c1-18-9-11-20(12-10-18)16-30(19(2)26(33)29-21-7-5-4-6-8-21)25(32)17-31(36(3,34)35)22-13-14-23(27)24(28)15-22/h9-15,19,21H,4-8,16-17H2,1-3H3,(H,29,33)/t19-/m1/s1. The van der Waals surface area contributed by atoms with Gasteiger partial charge in [0.15, 0.2) is 0 Å². The third-order valence-electron chi connectivity index (χ3n) is 6.46. The van der Waals surface area contributed by atoms with Crippen molar-refractivity contribution >= 4 is 50.7 Å². The predicted octanol–water partition coefficient (Wildman–Crippen LogP) is 4.93. The summed E-state index contributed by atoms with van der Waals surface area (Å²) in [4.78, 5) is 28.2. The average Bonchev–Trinajstić information content (AvgIpc) is 2.83. The molecule has 0 saturated heterocycles. The van der Waals surface area contributed by atoms with E-state index in [2.05, 4.69) is 5.32 Å². The van der Waals surface area contributed by atoms with E-state index in [1.807, 2.05) is 31.2 Å². The second-order valence-corrected chi connectivity index (χ2v) is 12.1. The van der Waals surface area contributed by atoms with Crippen molar-refractivity contribution in [3.8, 4) is 0 Å². The highest BCUT2D eigenvalue weighted by Crippen LogP contribution is 2.28. The van der Waals surface area contributed by atoms with Gasteiger partial charge in [-0.3, -0.25) is 13.9 Å². The van der Waals surface area contributed by atoms with Crippen LogP contribution in [-0.4, -0.2) is 50.0 Å². The van der Waals surface area contributed by atoms with Gasteiger partial charge >= 0.3 is 0 Å². The number of carbonyl (C=O) groups is 2. The molecule has 7 nitrogen and oxygen atoms in total. The van der Waals surface area contributed by atoms with Crippen LogP contribution in [0.4, 0.5) is 5.69 Å². The van der Waals surface area contributed by atoms with Gasteiger partial charge in [-0.15, -0.1) is 0 Å². The van der Waals surface area contributed by atoms with Crippen LogP contribution in [0.2, 0.25) is 10.0 Å². The molecule has 2 aromatic carbocycles. The predicted molar refractivity (Wildman–Crippen MR) is 145 cm³/mol. The number of amides is 2. The summed E-state index contributed by atoms with van der Waals surface area (Å²) in [7, 11) is -3.84. The van der Waals surface area contributed by atoms with Crippen molar-refractivity contribution in [3.05, 3.63) is 63.6 Å². The van der Waals surface area contributed by atoms with Crippen LogP contribution in [0.15, 0.2) is 42.5 Å². The molecule has 1 aliphatic rings. The monoisotopic (exact) mass is 553 g/mol. The van der Waals surface area contributed by atoms with Crippen LogP contribution in [0, 0.1) is 6.92 Å². The Bertz CT molecular complexity index is 1180. The molecule has 1 N–H and O–H groups in total. The zero-order chi connectivity index (χ0) is 26.5. The highest BCUT2D eigenvalue weighted by atomic mass is 35.5. The highest BCUT2D eigenvalue weighted by molar-refractivity contribution is 7.92. The molecule has 196 valence electrons. The maximum atomic E-state index is 13.6. The fraction of sp³-hybridized carbons (Fsp3) is 0.462. The molecule has 2 aromatic rings. The first-order valence-electron chi connectivity index (χ1n) is 12.0. The Kier molecular flexibility index (Phi) is 9.66. The number of hydrogen-bond acceptors (Lipinski definition) is 4. The molecule has 0 bridgehead atoms. The molecule has 0 aliphatic heterocycles. The van der Waals surface area contributed by atoms with Crippen molar-refractivity contribution in [2.24, 2.45) is 0 Å². The Morgan fingerprint density at radius 1 is 1.03 bits per heavy atom. The molecule has 3 rings (SSSR count). The molecule has 2 amide bonds. The van der Waals surface area contributed by atoms with E-state index in [-0.39, 0.29) is 34.2 Å². The molecule has 36 heavy (non-hydrogen) atoms. The smallest absolute Gasteiger partial charge is 0.244 e. The largest absolute Gasteiger partial charge is 0.352 e. The number of rotatable bonds is 9. The van der Waals surface area contributed by atoms with E-state index in [0.717, 1.165) is 53.8 Å². The Morgan fingerprint density at radius 2 is 1.67 bits per heavy atom. The molecule has 0 spiro atoms. The minimum Gasteiger partial charge on any atom is -0.352 e. The van der Waals surface area contributed by atoms with Crippen LogP contribution in [0.25, 0.3) is 0 Å². The lowest BCUT2D eigenvalue weighted by atomic mass is 9.95. The van der Waals surface area contributed by atoms with Gasteiger partial charge in [0.25, 0.3) is 0 Å². The van der Waals surface area contributed by atoms with Crippen molar-refractivity contribution in [2.45, 2.75) is 64.6 Å². The van der Waals surface area contributed by atoms with Crippen LogP contribution < -0.4 is 9.62 Å². The fourth-order valence-corrected chi connectivity index (χ4v) is 5.43. The SMILES string of the molecule is Cc1ccc(CN(C(=O)CN(c2ccc(Cl)c(Cl)c2)S(C)(=O)=O)[C@H](C)C(=O)NC2CCCCC2)cc1. The maximum Gasteiger partial charge on any atom is 0.244 e. The van der Waals surface area contributed by atoms with Gasteiger partial charge in [0.05, 0.1) is 22.0 Å². The number of carbonyl (C=O) groups excluding carboxylic acids is 2. The van der Waals surface area contributed by atoms with Gasteiger partial charge in [-0.05, 0) is 50.5 Å². The molecule has 1 saturated carbocycles. The summed E-state index contributed by atoms with van der Waals surface area (Å²) in [6, 6.07) is 11.3. The molecule has 1 atom stereocenters. The molecule has 0 radical (unpaired) electrons. The van der Waals surface area contributed by atoms with E-state index >= 15 is 0 Å². The Balaban J connectivity index is 1.87. The lowest BCUT2D eigenvalue weighted by Crippen LogP contribution is -2.52. The minimum absolute atomic E-state index is 0.0914. The number of nitrogens with zero attached hydrogens (tertiary/aromatic N) is 2. The average molecular weight is 555 g/mol. The Hall–Kier alpha value is -2.29. The molecule has 1 aliphatic carbocycles. The van der Waals surface area contributed by atoms with E-state index in [9.17, 15) is 18.0 Å². The molecular weight excluding hydrogens is 521 g/mol. The first kappa shape index (κ1) is 28.3. The molecule has 0 heterocycles. The summed E-state index contributed by atoms with van der Waals surface area (Å²) in [6.45, 7) is 3.32. The van der Waals surface area contributed by atoms with E-state index in [1.54, 1.807) is 6.92 Å². The zero-order valence-electron chi connectivity index (χ0n) is 20.8. The van der Waals surface area contributed by atoms with E-state index in [0.29, 0.717) is 0 Å². The third kappa shape index (κ3) is 7.60. The Labute approximate surface area is 223 Å². The fourth-order valence-electron chi connectivity index (χ4n) is 4.30. The topological polar surface area (TPSA) is 86.8 Å². The van der Waals surface area contributed by atoms with Crippen LogP contribution in [0.5, 0.6) is 0 Å². The van der Waals surface area contributed by atoms with Crippen LogP contribution >= 0.6 is 23.2 Å². The van der Waals surface area contributed by atoms with Gasteiger partial charge in [0.1, 0.15) is 12.6 Å². The molecule has 1 fully saturated rings. The summed E-state index contributed by atoms with van der Waals surface area (Å²) < 4.78 is 26.3. The van der Waals surface area contributed by atoms with Crippen LogP contribution in [0.3, 0.4) is 0 Å².